The van der Waals surface area contributed by atoms with Crippen molar-refractivity contribution < 1.29 is 0 Å². The first-order chi connectivity index (χ1) is 7.34. The van der Waals surface area contributed by atoms with E-state index in [1.54, 1.807) is 11.1 Å². The summed E-state index contributed by atoms with van der Waals surface area (Å²) in [7, 11) is 0. The van der Waals surface area contributed by atoms with Gasteiger partial charge in [-0.15, -0.1) is 0 Å². The topological polar surface area (TPSA) is 23.8 Å². The predicted molar refractivity (Wildman–Crippen MR) is 60.1 cm³/mol. The number of allylic oxidation sites excluding steroid dienone is 2. The van der Waals surface area contributed by atoms with Crippen molar-refractivity contribution in [3.05, 3.63) is 11.1 Å². The van der Waals surface area contributed by atoms with E-state index < -0.39 is 0 Å². The van der Waals surface area contributed by atoms with Crippen molar-refractivity contribution in [1.82, 2.24) is 0 Å². The molecule has 1 fully saturated rings. The molecule has 3 aliphatic carbocycles. The van der Waals surface area contributed by atoms with E-state index in [0.29, 0.717) is 5.92 Å². The molecule has 1 nitrogen and oxygen atoms in total. The van der Waals surface area contributed by atoms with Crippen molar-refractivity contribution in [2.75, 3.05) is 0 Å². The Morgan fingerprint density at radius 3 is 2.73 bits per heavy atom. The molecule has 0 aromatic heterocycles. The molecule has 0 radical (unpaired) electrons. The van der Waals surface area contributed by atoms with Gasteiger partial charge in [-0.1, -0.05) is 17.6 Å². The molecule has 0 N–H and O–H groups in total. The fraction of sp³-hybridized carbons (Fsp3) is 0.786. The van der Waals surface area contributed by atoms with Crippen LogP contribution in [0, 0.1) is 22.7 Å². The zero-order chi connectivity index (χ0) is 10.3. The maximum Gasteiger partial charge on any atom is 0.0696 e. The number of hydrogen-bond donors (Lipinski definition) is 0. The van der Waals surface area contributed by atoms with Crippen molar-refractivity contribution in [3.8, 4) is 6.07 Å². The van der Waals surface area contributed by atoms with Gasteiger partial charge in [-0.05, 0) is 57.3 Å². The molecule has 0 aliphatic heterocycles. The summed E-state index contributed by atoms with van der Waals surface area (Å²) in [6.45, 7) is 0. The van der Waals surface area contributed by atoms with Crippen LogP contribution in [0.1, 0.15) is 57.8 Å². The number of hydrogen-bond acceptors (Lipinski definition) is 1. The molecule has 1 heteroatoms. The van der Waals surface area contributed by atoms with Crippen LogP contribution in [0.15, 0.2) is 11.1 Å². The standard InChI is InChI=1S/C14H19N/c15-10-14-7-3-6-13(14)8-11-4-1-2-5-12(11)9-14/h13H,1-9H2/t13-,14-/m1/s1. The monoisotopic (exact) mass is 201 g/mol. The van der Waals surface area contributed by atoms with Gasteiger partial charge in [-0.25, -0.2) is 0 Å². The Bertz CT molecular complexity index is 347. The summed E-state index contributed by atoms with van der Waals surface area (Å²) in [5.74, 6) is 0.708. The summed E-state index contributed by atoms with van der Waals surface area (Å²) in [5, 5.41) is 9.47. The Hall–Kier alpha value is -0.770. The SMILES string of the molecule is N#C[C@]12CCC[C@@H]1CC1=C(CCCC1)C2. The minimum Gasteiger partial charge on any atom is -0.198 e. The first kappa shape index (κ1) is 9.46. The van der Waals surface area contributed by atoms with Crippen molar-refractivity contribution in [2.24, 2.45) is 11.3 Å². The van der Waals surface area contributed by atoms with Gasteiger partial charge in [0.2, 0.25) is 0 Å². The Labute approximate surface area is 92.2 Å². The molecule has 0 spiro atoms. The summed E-state index contributed by atoms with van der Waals surface area (Å²) >= 11 is 0. The highest BCUT2D eigenvalue weighted by Crippen LogP contribution is 2.55. The average molecular weight is 201 g/mol. The van der Waals surface area contributed by atoms with Gasteiger partial charge >= 0.3 is 0 Å². The first-order valence-electron chi connectivity index (χ1n) is 6.45. The smallest absolute Gasteiger partial charge is 0.0696 e. The van der Waals surface area contributed by atoms with Crippen LogP contribution >= 0.6 is 0 Å². The third kappa shape index (κ3) is 1.34. The van der Waals surface area contributed by atoms with Gasteiger partial charge in [0.15, 0.2) is 0 Å². The molecule has 15 heavy (non-hydrogen) atoms. The van der Waals surface area contributed by atoms with Gasteiger partial charge in [-0.3, -0.25) is 0 Å². The molecule has 3 aliphatic rings. The van der Waals surface area contributed by atoms with Crippen LogP contribution in [0.2, 0.25) is 0 Å². The lowest BCUT2D eigenvalue weighted by Crippen LogP contribution is -2.30. The summed E-state index contributed by atoms with van der Waals surface area (Å²) in [4.78, 5) is 0. The highest BCUT2D eigenvalue weighted by atomic mass is 14.5. The third-order valence-electron chi connectivity index (χ3n) is 4.91. The van der Waals surface area contributed by atoms with Crippen LogP contribution < -0.4 is 0 Å². The summed E-state index contributed by atoms with van der Waals surface area (Å²) in [6.07, 6.45) is 11.6. The minimum absolute atomic E-state index is 0.0656. The van der Waals surface area contributed by atoms with E-state index in [1.807, 2.05) is 0 Å². The fourth-order valence-corrected chi connectivity index (χ4v) is 4.03. The largest absolute Gasteiger partial charge is 0.198 e. The maximum absolute atomic E-state index is 9.47. The van der Waals surface area contributed by atoms with Gasteiger partial charge in [0.25, 0.3) is 0 Å². The molecule has 0 amide bonds. The van der Waals surface area contributed by atoms with Crippen LogP contribution in [-0.2, 0) is 0 Å². The van der Waals surface area contributed by atoms with Gasteiger partial charge in [0, 0.05) is 0 Å². The predicted octanol–water partition coefficient (Wildman–Crippen LogP) is 3.96. The van der Waals surface area contributed by atoms with Crippen LogP contribution in [-0.4, -0.2) is 0 Å². The van der Waals surface area contributed by atoms with Crippen LogP contribution in [0.4, 0.5) is 0 Å². The Kier molecular flexibility index (Phi) is 2.12. The van der Waals surface area contributed by atoms with E-state index in [-0.39, 0.29) is 5.41 Å². The van der Waals surface area contributed by atoms with E-state index in [4.69, 9.17) is 0 Å². The second-order valence-corrected chi connectivity index (χ2v) is 5.65. The molecule has 3 rings (SSSR count). The molecule has 0 saturated heterocycles. The Morgan fingerprint density at radius 2 is 1.93 bits per heavy atom. The normalized spacial score (nSPS) is 39.5. The van der Waals surface area contributed by atoms with E-state index in [2.05, 4.69) is 6.07 Å². The molecule has 2 atom stereocenters. The zero-order valence-corrected chi connectivity index (χ0v) is 9.39. The molecule has 0 unspecified atom stereocenters. The number of rotatable bonds is 0. The second kappa shape index (κ2) is 3.37. The van der Waals surface area contributed by atoms with Crippen LogP contribution in [0.5, 0.6) is 0 Å². The number of nitriles is 1. The second-order valence-electron chi connectivity index (χ2n) is 5.65. The zero-order valence-electron chi connectivity index (χ0n) is 9.39. The highest BCUT2D eigenvalue weighted by molar-refractivity contribution is 5.28. The lowest BCUT2D eigenvalue weighted by Gasteiger charge is -2.38. The van der Waals surface area contributed by atoms with Gasteiger partial charge in [0.1, 0.15) is 0 Å². The highest BCUT2D eigenvalue weighted by Gasteiger charge is 2.46. The molecule has 0 aromatic carbocycles. The average Bonchev–Trinajstić information content (AvgIpc) is 2.69. The van der Waals surface area contributed by atoms with E-state index in [1.165, 1.54) is 51.4 Å². The lowest BCUT2D eigenvalue weighted by atomic mass is 9.64. The molecule has 80 valence electrons. The maximum atomic E-state index is 9.47. The van der Waals surface area contributed by atoms with Crippen molar-refractivity contribution in [3.63, 3.8) is 0 Å². The Morgan fingerprint density at radius 1 is 1.13 bits per heavy atom. The molecule has 1 saturated carbocycles. The molecule has 0 heterocycles. The lowest BCUT2D eigenvalue weighted by molar-refractivity contribution is 0.251. The van der Waals surface area contributed by atoms with Crippen LogP contribution in [0.25, 0.3) is 0 Å². The van der Waals surface area contributed by atoms with Gasteiger partial charge < -0.3 is 0 Å². The summed E-state index contributed by atoms with van der Waals surface area (Å²) in [5.41, 5.74) is 3.50. The number of fused-ring (bicyclic) bond motifs is 1. The van der Waals surface area contributed by atoms with Gasteiger partial charge in [0.05, 0.1) is 11.5 Å². The van der Waals surface area contributed by atoms with E-state index in [0.717, 1.165) is 6.42 Å². The first-order valence-corrected chi connectivity index (χ1v) is 6.45. The van der Waals surface area contributed by atoms with Gasteiger partial charge in [-0.2, -0.15) is 5.26 Å². The number of nitrogens with zero attached hydrogens (tertiary/aromatic N) is 1. The molecular formula is C14H19N. The molecular weight excluding hydrogens is 182 g/mol. The summed E-state index contributed by atoms with van der Waals surface area (Å²) < 4.78 is 0. The molecule has 0 bridgehead atoms. The third-order valence-corrected chi connectivity index (χ3v) is 4.91. The van der Waals surface area contributed by atoms with Crippen LogP contribution in [0.3, 0.4) is 0 Å². The van der Waals surface area contributed by atoms with Crippen molar-refractivity contribution in [2.45, 2.75) is 57.8 Å². The van der Waals surface area contributed by atoms with Crippen molar-refractivity contribution in [1.29, 1.82) is 5.26 Å². The Balaban J connectivity index is 1.94. The van der Waals surface area contributed by atoms with Crippen molar-refractivity contribution >= 4 is 0 Å². The van der Waals surface area contributed by atoms with E-state index >= 15 is 0 Å². The summed E-state index contributed by atoms with van der Waals surface area (Å²) in [6, 6.07) is 2.68. The molecule has 0 aromatic rings. The quantitative estimate of drug-likeness (QED) is 0.544. The minimum atomic E-state index is 0.0656. The fourth-order valence-electron chi connectivity index (χ4n) is 4.03. The van der Waals surface area contributed by atoms with E-state index in [9.17, 15) is 5.26 Å².